The molecule has 3 aromatic carbocycles. The van der Waals surface area contributed by atoms with E-state index in [0.29, 0.717) is 64.6 Å². The SMILES string of the molecule is Nc1c2c(-c3ccccc3F)nc(N3CCN(c4ccc(Cl)c(Cl)c4)CC3)nc2nn1-c1cccc(F)c1. The number of piperazine rings is 1. The molecule has 0 amide bonds. The summed E-state index contributed by atoms with van der Waals surface area (Å²) in [6.45, 7) is 2.60. The van der Waals surface area contributed by atoms with Gasteiger partial charge in [-0.1, -0.05) is 41.4 Å². The Kier molecular flexibility index (Phi) is 6.25. The third-order valence-corrected chi connectivity index (χ3v) is 7.31. The van der Waals surface area contributed by atoms with Crippen LogP contribution in [0, 0.1) is 11.6 Å². The van der Waals surface area contributed by atoms with Crippen molar-refractivity contribution >= 4 is 51.7 Å². The Morgan fingerprint density at radius 1 is 0.763 bits per heavy atom. The number of halogens is 4. The lowest BCUT2D eigenvalue weighted by molar-refractivity contribution is 0.625. The quantitative estimate of drug-likeness (QED) is 0.296. The van der Waals surface area contributed by atoms with Crippen LogP contribution in [0.3, 0.4) is 0 Å². The van der Waals surface area contributed by atoms with Gasteiger partial charge in [-0.15, -0.1) is 5.10 Å². The average molecular weight is 552 g/mol. The van der Waals surface area contributed by atoms with Crippen LogP contribution in [0.15, 0.2) is 66.7 Å². The third kappa shape index (κ3) is 4.37. The van der Waals surface area contributed by atoms with Crippen LogP contribution in [0.5, 0.6) is 0 Å². The van der Waals surface area contributed by atoms with Gasteiger partial charge in [0.25, 0.3) is 0 Å². The van der Waals surface area contributed by atoms with Crippen molar-refractivity contribution in [3.05, 3.63) is 88.4 Å². The van der Waals surface area contributed by atoms with Crippen molar-refractivity contribution < 1.29 is 8.78 Å². The predicted molar refractivity (Wildman–Crippen MR) is 147 cm³/mol. The minimum absolute atomic E-state index is 0.194. The predicted octanol–water partition coefficient (Wildman–Crippen LogP) is 5.98. The molecule has 1 aliphatic rings. The number of hydrogen-bond donors (Lipinski definition) is 1. The maximum atomic E-state index is 15.0. The van der Waals surface area contributed by atoms with Gasteiger partial charge < -0.3 is 15.5 Å². The lowest BCUT2D eigenvalue weighted by Gasteiger charge is -2.36. The van der Waals surface area contributed by atoms with Gasteiger partial charge in [-0.25, -0.2) is 18.4 Å². The monoisotopic (exact) mass is 551 g/mol. The lowest BCUT2D eigenvalue weighted by atomic mass is 10.1. The first-order valence-electron chi connectivity index (χ1n) is 11.9. The summed E-state index contributed by atoms with van der Waals surface area (Å²) in [4.78, 5) is 13.7. The number of hydrogen-bond acceptors (Lipinski definition) is 6. The highest BCUT2D eigenvalue weighted by Gasteiger charge is 2.25. The molecule has 0 unspecified atom stereocenters. The van der Waals surface area contributed by atoms with E-state index in [0.717, 1.165) is 5.69 Å². The van der Waals surface area contributed by atoms with Crippen LogP contribution >= 0.6 is 23.2 Å². The van der Waals surface area contributed by atoms with Gasteiger partial charge in [-0.3, -0.25) is 0 Å². The van der Waals surface area contributed by atoms with Gasteiger partial charge in [0, 0.05) is 37.4 Å². The summed E-state index contributed by atoms with van der Waals surface area (Å²) in [6, 6.07) is 17.8. The van der Waals surface area contributed by atoms with Gasteiger partial charge in [0.15, 0.2) is 5.65 Å². The molecule has 0 saturated carbocycles. The molecular formula is C27H21Cl2F2N7. The summed E-state index contributed by atoms with van der Waals surface area (Å²) in [5.74, 6) is -0.267. The molecule has 1 saturated heterocycles. The number of nitrogens with two attached hydrogens (primary N) is 1. The summed E-state index contributed by atoms with van der Waals surface area (Å²) >= 11 is 12.3. The molecule has 0 bridgehead atoms. The van der Waals surface area contributed by atoms with Crippen LogP contribution in [0.25, 0.3) is 28.0 Å². The van der Waals surface area contributed by atoms with Gasteiger partial charge in [0.05, 0.1) is 26.8 Å². The van der Waals surface area contributed by atoms with E-state index < -0.39 is 11.6 Å². The number of aromatic nitrogens is 4. The van der Waals surface area contributed by atoms with Gasteiger partial charge in [0.2, 0.25) is 5.95 Å². The fraction of sp³-hybridized carbons (Fsp3) is 0.148. The maximum absolute atomic E-state index is 15.0. The van der Waals surface area contributed by atoms with Crippen LogP contribution < -0.4 is 15.5 Å². The van der Waals surface area contributed by atoms with Crippen LogP contribution in [-0.2, 0) is 0 Å². The maximum Gasteiger partial charge on any atom is 0.228 e. The van der Waals surface area contributed by atoms with Crippen molar-refractivity contribution in [2.45, 2.75) is 0 Å². The molecule has 38 heavy (non-hydrogen) atoms. The number of rotatable bonds is 4. The zero-order valence-corrected chi connectivity index (χ0v) is 21.5. The van der Waals surface area contributed by atoms with E-state index in [1.807, 2.05) is 17.0 Å². The minimum atomic E-state index is -0.444. The van der Waals surface area contributed by atoms with E-state index in [9.17, 15) is 8.78 Å². The van der Waals surface area contributed by atoms with Crippen molar-refractivity contribution in [2.24, 2.45) is 0 Å². The van der Waals surface area contributed by atoms with Crippen molar-refractivity contribution in [1.82, 2.24) is 19.7 Å². The second kappa shape index (κ2) is 9.74. The Morgan fingerprint density at radius 3 is 2.26 bits per heavy atom. The van der Waals surface area contributed by atoms with Crippen molar-refractivity contribution in [2.75, 3.05) is 41.7 Å². The van der Waals surface area contributed by atoms with E-state index >= 15 is 0 Å². The van der Waals surface area contributed by atoms with Gasteiger partial charge in [-0.05, 0) is 48.5 Å². The van der Waals surface area contributed by atoms with Crippen molar-refractivity contribution in [3.8, 4) is 16.9 Å². The lowest BCUT2D eigenvalue weighted by Crippen LogP contribution is -2.47. The Morgan fingerprint density at radius 2 is 1.53 bits per heavy atom. The van der Waals surface area contributed by atoms with E-state index in [-0.39, 0.29) is 11.4 Å². The molecule has 0 atom stereocenters. The number of fused-ring (bicyclic) bond motifs is 1. The first-order chi connectivity index (χ1) is 18.4. The topological polar surface area (TPSA) is 76.1 Å². The van der Waals surface area contributed by atoms with Gasteiger partial charge >= 0.3 is 0 Å². The molecule has 1 aliphatic heterocycles. The molecule has 192 valence electrons. The highest BCUT2D eigenvalue weighted by Crippen LogP contribution is 2.35. The number of nitrogen functional groups attached to an aromatic ring is 1. The molecule has 0 spiro atoms. The molecule has 5 aromatic rings. The fourth-order valence-corrected chi connectivity index (χ4v) is 4.93. The summed E-state index contributed by atoms with van der Waals surface area (Å²) in [5, 5.41) is 5.97. The highest BCUT2D eigenvalue weighted by atomic mass is 35.5. The molecule has 2 aromatic heterocycles. The fourth-order valence-electron chi connectivity index (χ4n) is 4.64. The molecule has 1 fully saturated rings. The smallest absolute Gasteiger partial charge is 0.228 e. The standard InChI is InChI=1S/C27H21Cl2F2N7/c28-20-9-8-17(15-21(20)29)36-10-12-37(13-11-36)27-33-24(19-6-1-2-7-22(19)31)23-25(32)38(35-26(23)34-27)18-5-3-4-16(30)14-18/h1-9,14-15H,10-13,32H2. The highest BCUT2D eigenvalue weighted by molar-refractivity contribution is 6.42. The Balaban J connectivity index is 1.41. The summed E-state index contributed by atoms with van der Waals surface area (Å²) in [5.41, 5.74) is 8.78. The number of benzene rings is 3. The van der Waals surface area contributed by atoms with E-state index in [4.69, 9.17) is 38.9 Å². The van der Waals surface area contributed by atoms with Crippen LogP contribution in [-0.4, -0.2) is 45.9 Å². The zero-order chi connectivity index (χ0) is 26.4. The Hall–Kier alpha value is -3.95. The van der Waals surface area contributed by atoms with Crippen molar-refractivity contribution in [3.63, 3.8) is 0 Å². The van der Waals surface area contributed by atoms with Gasteiger partial charge in [-0.2, -0.15) is 4.98 Å². The summed E-state index contributed by atoms with van der Waals surface area (Å²) in [7, 11) is 0. The first-order valence-corrected chi connectivity index (χ1v) is 12.7. The van der Waals surface area contributed by atoms with E-state index in [2.05, 4.69) is 10.00 Å². The van der Waals surface area contributed by atoms with Crippen LogP contribution in [0.4, 0.5) is 26.2 Å². The average Bonchev–Trinajstić information content (AvgIpc) is 3.26. The summed E-state index contributed by atoms with van der Waals surface area (Å²) < 4.78 is 30.3. The number of nitrogens with zero attached hydrogens (tertiary/aromatic N) is 6. The molecule has 6 rings (SSSR count). The normalized spacial score (nSPS) is 13.9. The molecule has 7 nitrogen and oxygen atoms in total. The van der Waals surface area contributed by atoms with Gasteiger partial charge in [0.1, 0.15) is 17.5 Å². The summed E-state index contributed by atoms with van der Waals surface area (Å²) in [6.07, 6.45) is 0. The van der Waals surface area contributed by atoms with E-state index in [1.165, 1.54) is 22.9 Å². The Bertz CT molecular complexity index is 1670. The largest absolute Gasteiger partial charge is 0.383 e. The molecule has 3 heterocycles. The third-order valence-electron chi connectivity index (χ3n) is 6.57. The molecular weight excluding hydrogens is 531 g/mol. The van der Waals surface area contributed by atoms with Crippen LogP contribution in [0.1, 0.15) is 0 Å². The second-order valence-corrected chi connectivity index (χ2v) is 9.71. The molecule has 0 radical (unpaired) electrons. The Labute approximate surface area is 227 Å². The second-order valence-electron chi connectivity index (χ2n) is 8.90. The van der Waals surface area contributed by atoms with Crippen molar-refractivity contribution in [1.29, 1.82) is 0 Å². The molecule has 11 heteroatoms. The minimum Gasteiger partial charge on any atom is -0.383 e. The van der Waals surface area contributed by atoms with E-state index in [1.54, 1.807) is 36.4 Å². The first kappa shape index (κ1) is 24.4. The molecule has 0 aliphatic carbocycles. The zero-order valence-electron chi connectivity index (χ0n) is 20.0. The number of anilines is 3. The van der Waals surface area contributed by atoms with Crippen LogP contribution in [0.2, 0.25) is 10.0 Å². The molecule has 2 N–H and O–H groups in total.